The van der Waals surface area contributed by atoms with Gasteiger partial charge in [0.2, 0.25) is 0 Å². The maximum atomic E-state index is 11.2. The SMILES string of the molecule is CC(C)C1CCCN(c2ccccc2)C1.COC(=O)N1CCC=C(C(C)C)C1.COC(=O)N1CCCC(C(C)C)C1. The first-order valence-corrected chi connectivity index (χ1v) is 15.7. The predicted octanol–water partition coefficient (Wildman–Crippen LogP) is 7.72. The Bertz CT molecular complexity index is 931. The van der Waals surface area contributed by atoms with Crippen LogP contribution in [0.5, 0.6) is 0 Å². The van der Waals surface area contributed by atoms with E-state index in [9.17, 15) is 9.59 Å². The molecule has 232 valence electrons. The highest BCUT2D eigenvalue weighted by Crippen LogP contribution is 2.27. The van der Waals surface area contributed by atoms with Crippen LogP contribution in [0.3, 0.4) is 0 Å². The van der Waals surface area contributed by atoms with E-state index in [0.29, 0.717) is 17.8 Å². The molecule has 0 radical (unpaired) electrons. The molecular weight excluding hydrogens is 514 g/mol. The van der Waals surface area contributed by atoms with Crippen LogP contribution in [-0.4, -0.2) is 75.5 Å². The summed E-state index contributed by atoms with van der Waals surface area (Å²) in [4.78, 5) is 28.5. The van der Waals surface area contributed by atoms with Gasteiger partial charge in [-0.05, 0) is 73.8 Å². The summed E-state index contributed by atoms with van der Waals surface area (Å²) in [5, 5.41) is 0. The third kappa shape index (κ3) is 11.6. The van der Waals surface area contributed by atoms with Crippen molar-refractivity contribution in [3.8, 4) is 0 Å². The summed E-state index contributed by atoms with van der Waals surface area (Å²) in [5.74, 6) is 3.52. The summed E-state index contributed by atoms with van der Waals surface area (Å²) in [5.41, 5.74) is 2.72. The van der Waals surface area contributed by atoms with Gasteiger partial charge in [0.25, 0.3) is 0 Å². The van der Waals surface area contributed by atoms with Gasteiger partial charge in [-0.25, -0.2) is 9.59 Å². The molecule has 0 aromatic heterocycles. The first-order valence-electron chi connectivity index (χ1n) is 15.7. The number of benzene rings is 1. The second-order valence-corrected chi connectivity index (χ2v) is 12.6. The molecule has 1 aromatic rings. The summed E-state index contributed by atoms with van der Waals surface area (Å²) in [6, 6.07) is 10.8. The third-order valence-corrected chi connectivity index (χ3v) is 8.71. The lowest BCUT2D eigenvalue weighted by Crippen LogP contribution is -2.41. The fourth-order valence-corrected chi connectivity index (χ4v) is 5.75. The van der Waals surface area contributed by atoms with Gasteiger partial charge in [0.1, 0.15) is 0 Å². The minimum Gasteiger partial charge on any atom is -0.453 e. The first-order chi connectivity index (χ1) is 19.6. The maximum absolute atomic E-state index is 11.2. The van der Waals surface area contributed by atoms with Crippen LogP contribution in [-0.2, 0) is 9.47 Å². The smallest absolute Gasteiger partial charge is 0.409 e. The largest absolute Gasteiger partial charge is 0.453 e. The minimum atomic E-state index is -0.216. The number of ether oxygens (including phenoxy) is 2. The number of hydrogen-bond donors (Lipinski definition) is 0. The zero-order valence-corrected chi connectivity index (χ0v) is 27.1. The fraction of sp³-hybridized carbons (Fsp3) is 0.706. The topological polar surface area (TPSA) is 62.3 Å². The predicted molar refractivity (Wildman–Crippen MR) is 169 cm³/mol. The van der Waals surface area contributed by atoms with Gasteiger partial charge in [-0.1, -0.05) is 71.4 Å². The van der Waals surface area contributed by atoms with Crippen LogP contribution >= 0.6 is 0 Å². The molecule has 1 aromatic carbocycles. The number of anilines is 1. The summed E-state index contributed by atoms with van der Waals surface area (Å²) in [6.07, 6.45) is 7.88. The Morgan fingerprint density at radius 2 is 1.32 bits per heavy atom. The number of para-hydroxylation sites is 1. The van der Waals surface area contributed by atoms with E-state index in [1.165, 1.54) is 57.8 Å². The van der Waals surface area contributed by atoms with E-state index in [1.54, 1.807) is 4.90 Å². The van der Waals surface area contributed by atoms with Crippen LogP contribution in [0.25, 0.3) is 0 Å². The Morgan fingerprint density at radius 3 is 1.88 bits per heavy atom. The zero-order valence-electron chi connectivity index (χ0n) is 27.1. The second-order valence-electron chi connectivity index (χ2n) is 12.6. The summed E-state index contributed by atoms with van der Waals surface area (Å²) < 4.78 is 9.38. The van der Waals surface area contributed by atoms with Crippen LogP contribution in [0.1, 0.15) is 73.6 Å². The molecule has 2 unspecified atom stereocenters. The Labute approximate surface area is 250 Å². The minimum absolute atomic E-state index is 0.176. The Balaban J connectivity index is 0.000000216. The lowest BCUT2D eigenvalue weighted by Gasteiger charge is -2.36. The van der Waals surface area contributed by atoms with Crippen molar-refractivity contribution in [3.63, 3.8) is 0 Å². The van der Waals surface area contributed by atoms with E-state index in [0.717, 1.165) is 50.9 Å². The van der Waals surface area contributed by atoms with Crippen molar-refractivity contribution >= 4 is 17.9 Å². The number of piperidine rings is 2. The zero-order chi connectivity index (χ0) is 30.4. The van der Waals surface area contributed by atoms with Gasteiger partial charge < -0.3 is 24.2 Å². The average Bonchev–Trinajstić information content (AvgIpc) is 3.01. The van der Waals surface area contributed by atoms with Gasteiger partial charge in [-0.15, -0.1) is 0 Å². The number of amides is 2. The normalized spacial score (nSPS) is 21.0. The Morgan fingerprint density at radius 1 is 0.756 bits per heavy atom. The van der Waals surface area contributed by atoms with Gasteiger partial charge in [-0.2, -0.15) is 0 Å². The lowest BCUT2D eigenvalue weighted by molar-refractivity contribution is 0.0936. The van der Waals surface area contributed by atoms with Crippen molar-refractivity contribution in [2.45, 2.75) is 73.6 Å². The molecule has 4 rings (SSSR count). The molecule has 7 heteroatoms. The molecule has 2 amide bonds. The van der Waals surface area contributed by atoms with Crippen molar-refractivity contribution in [2.75, 3.05) is 58.4 Å². The molecule has 41 heavy (non-hydrogen) atoms. The van der Waals surface area contributed by atoms with E-state index in [4.69, 9.17) is 4.74 Å². The van der Waals surface area contributed by atoms with Crippen LogP contribution < -0.4 is 4.90 Å². The average molecular weight is 572 g/mol. The molecule has 0 aliphatic carbocycles. The molecule has 2 fully saturated rings. The lowest BCUT2D eigenvalue weighted by atomic mass is 9.88. The second kappa shape index (κ2) is 18.0. The van der Waals surface area contributed by atoms with Crippen LogP contribution in [0, 0.1) is 29.6 Å². The van der Waals surface area contributed by atoms with Crippen LogP contribution in [0.15, 0.2) is 42.0 Å². The monoisotopic (exact) mass is 571 g/mol. The first kappa shape index (κ1) is 34.5. The molecule has 2 atom stereocenters. The Hall–Kier alpha value is -2.70. The molecule has 0 saturated carbocycles. The summed E-state index contributed by atoms with van der Waals surface area (Å²) >= 11 is 0. The molecule has 3 heterocycles. The van der Waals surface area contributed by atoms with E-state index < -0.39 is 0 Å². The molecule has 3 aliphatic rings. The molecule has 2 saturated heterocycles. The highest BCUT2D eigenvalue weighted by Gasteiger charge is 2.26. The van der Waals surface area contributed by atoms with Crippen LogP contribution in [0.4, 0.5) is 15.3 Å². The quantitative estimate of drug-likeness (QED) is 0.346. The van der Waals surface area contributed by atoms with E-state index in [2.05, 4.69) is 87.6 Å². The molecule has 0 N–H and O–H groups in total. The van der Waals surface area contributed by atoms with Crippen molar-refractivity contribution in [2.24, 2.45) is 29.6 Å². The number of rotatable bonds is 4. The van der Waals surface area contributed by atoms with E-state index in [1.807, 2.05) is 4.90 Å². The van der Waals surface area contributed by atoms with E-state index >= 15 is 0 Å². The number of carbonyl (C=O) groups excluding carboxylic acids is 2. The maximum Gasteiger partial charge on any atom is 0.409 e. The van der Waals surface area contributed by atoms with Crippen molar-refractivity contribution in [1.82, 2.24) is 9.80 Å². The number of hydrogen-bond acceptors (Lipinski definition) is 5. The number of nitrogens with zero attached hydrogens (tertiary/aromatic N) is 3. The highest BCUT2D eigenvalue weighted by atomic mass is 16.5. The molecule has 0 spiro atoms. The van der Waals surface area contributed by atoms with E-state index in [-0.39, 0.29) is 12.2 Å². The fourth-order valence-electron chi connectivity index (χ4n) is 5.75. The summed E-state index contributed by atoms with van der Waals surface area (Å²) in [7, 11) is 2.87. The number of likely N-dealkylation sites (tertiary alicyclic amines) is 1. The number of methoxy groups -OCH3 is 2. The van der Waals surface area contributed by atoms with Crippen LogP contribution in [0.2, 0.25) is 0 Å². The van der Waals surface area contributed by atoms with Gasteiger partial charge in [0.05, 0.1) is 14.2 Å². The molecule has 0 bridgehead atoms. The highest BCUT2D eigenvalue weighted by molar-refractivity contribution is 5.68. The molecule has 7 nitrogen and oxygen atoms in total. The Kier molecular flexibility index (Phi) is 15.1. The van der Waals surface area contributed by atoms with Gasteiger partial charge in [-0.3, -0.25) is 0 Å². The number of carbonyl (C=O) groups is 2. The van der Waals surface area contributed by atoms with Crippen molar-refractivity contribution in [1.29, 1.82) is 0 Å². The van der Waals surface area contributed by atoms with Gasteiger partial charge in [0, 0.05) is 45.0 Å². The third-order valence-electron chi connectivity index (χ3n) is 8.71. The van der Waals surface area contributed by atoms with Crippen molar-refractivity contribution in [3.05, 3.63) is 42.0 Å². The summed E-state index contributed by atoms with van der Waals surface area (Å²) in [6.45, 7) is 19.1. The standard InChI is InChI=1S/C14H21N.C10H19NO2.C10H17NO2/c1-12(2)13-7-6-10-15(11-13)14-8-4-3-5-9-14;2*1-8(2)9-5-4-6-11(7-9)10(12)13-3/h3-5,8-9,12-13H,6-7,10-11H2,1-2H3;8-9H,4-7H2,1-3H3;5,8H,4,6-7H2,1-3H3. The van der Waals surface area contributed by atoms with Gasteiger partial charge in [0.15, 0.2) is 0 Å². The molecular formula is C34H57N3O4. The van der Waals surface area contributed by atoms with Gasteiger partial charge >= 0.3 is 12.2 Å². The molecule has 3 aliphatic heterocycles. The van der Waals surface area contributed by atoms with Crippen molar-refractivity contribution < 1.29 is 19.1 Å².